The lowest BCUT2D eigenvalue weighted by atomic mass is 9.85. The van der Waals surface area contributed by atoms with Crippen LogP contribution in [-0.4, -0.2) is 80.6 Å². The lowest BCUT2D eigenvalue weighted by molar-refractivity contribution is -0.342. The molecule has 38 heavy (non-hydrogen) atoms. The Morgan fingerprint density at radius 1 is 0.895 bits per heavy atom. The molecule has 1 aliphatic carbocycles. The fourth-order valence-electron chi connectivity index (χ4n) is 4.88. The van der Waals surface area contributed by atoms with Crippen LogP contribution in [0.3, 0.4) is 0 Å². The molecule has 0 aromatic heterocycles. The molecule has 3 rings (SSSR count). The molecule has 2 aliphatic heterocycles. The highest BCUT2D eigenvalue weighted by Crippen LogP contribution is 2.47. The lowest BCUT2D eigenvalue weighted by Crippen LogP contribution is -2.63. The number of carbonyl (C=O) groups is 5. The molecule has 8 atom stereocenters. The molecule has 0 amide bonds. The minimum absolute atomic E-state index is 0.306. The summed E-state index contributed by atoms with van der Waals surface area (Å²) >= 11 is 0. The fraction of sp³-hybridized carbons (Fsp3) is 0.640. The van der Waals surface area contributed by atoms with E-state index in [1.807, 2.05) is 0 Å². The van der Waals surface area contributed by atoms with Gasteiger partial charge in [-0.25, -0.2) is 4.79 Å². The molecule has 0 radical (unpaired) electrons. The second-order valence-corrected chi connectivity index (χ2v) is 9.10. The summed E-state index contributed by atoms with van der Waals surface area (Å²) in [5, 5.41) is 0. The predicted octanol–water partition coefficient (Wildman–Crippen LogP) is 1.08. The van der Waals surface area contributed by atoms with Crippen molar-refractivity contribution < 1.29 is 61.9 Å². The molecule has 2 heterocycles. The summed E-state index contributed by atoms with van der Waals surface area (Å²) < 4.78 is 44.0. The van der Waals surface area contributed by atoms with E-state index >= 15 is 0 Å². The number of methoxy groups -OCH3 is 1. The van der Waals surface area contributed by atoms with Crippen molar-refractivity contribution in [3.8, 4) is 0 Å². The monoisotopic (exact) mass is 540 g/mol. The maximum atomic E-state index is 12.3. The minimum Gasteiger partial charge on any atom is -0.471 e. The van der Waals surface area contributed by atoms with Gasteiger partial charge in [0.15, 0.2) is 18.3 Å². The van der Waals surface area contributed by atoms with Crippen molar-refractivity contribution >= 4 is 29.8 Å². The zero-order chi connectivity index (χ0) is 28.1. The summed E-state index contributed by atoms with van der Waals surface area (Å²) in [6, 6.07) is 0. The average Bonchev–Trinajstić information content (AvgIpc) is 3.22. The van der Waals surface area contributed by atoms with E-state index < -0.39 is 79.4 Å². The van der Waals surface area contributed by atoms with Crippen molar-refractivity contribution in [1.29, 1.82) is 0 Å². The largest absolute Gasteiger partial charge is 0.471 e. The van der Waals surface area contributed by atoms with Gasteiger partial charge in [-0.2, -0.15) is 0 Å². The summed E-state index contributed by atoms with van der Waals surface area (Å²) in [6.07, 6.45) is -5.28. The van der Waals surface area contributed by atoms with Gasteiger partial charge in [-0.3, -0.25) is 19.2 Å². The van der Waals surface area contributed by atoms with E-state index in [-0.39, 0.29) is 5.92 Å². The van der Waals surface area contributed by atoms with Crippen LogP contribution in [0.2, 0.25) is 0 Å². The van der Waals surface area contributed by atoms with Gasteiger partial charge in [-0.15, -0.1) is 0 Å². The third kappa shape index (κ3) is 6.70. The zero-order valence-electron chi connectivity index (χ0n) is 21.8. The minimum atomic E-state index is -1.43. The van der Waals surface area contributed by atoms with Gasteiger partial charge in [-0.05, 0) is 12.8 Å². The molecular formula is C25H32O13. The van der Waals surface area contributed by atoms with Crippen molar-refractivity contribution in [2.45, 2.75) is 77.5 Å². The maximum Gasteiger partial charge on any atom is 0.337 e. The molecular weight excluding hydrogens is 508 g/mol. The van der Waals surface area contributed by atoms with Gasteiger partial charge in [0.2, 0.25) is 12.6 Å². The first-order valence-electron chi connectivity index (χ1n) is 12.0. The Morgan fingerprint density at radius 3 is 2.08 bits per heavy atom. The van der Waals surface area contributed by atoms with Crippen molar-refractivity contribution in [2.75, 3.05) is 13.7 Å². The summed E-state index contributed by atoms with van der Waals surface area (Å²) in [5.41, 5.74) is 1.10. The number of esters is 5. The topological polar surface area (TPSA) is 159 Å². The number of hydrogen-bond donors (Lipinski definition) is 0. The van der Waals surface area contributed by atoms with Crippen LogP contribution in [0.1, 0.15) is 40.5 Å². The quantitative estimate of drug-likeness (QED) is 0.245. The Labute approximate surface area is 219 Å². The Bertz CT molecular complexity index is 1000. The van der Waals surface area contributed by atoms with Crippen LogP contribution in [0.5, 0.6) is 0 Å². The van der Waals surface area contributed by atoms with Crippen LogP contribution in [0, 0.1) is 11.8 Å². The van der Waals surface area contributed by atoms with E-state index in [0.717, 1.165) is 26.3 Å². The summed E-state index contributed by atoms with van der Waals surface area (Å²) in [5.74, 6) is -4.23. The van der Waals surface area contributed by atoms with Gasteiger partial charge >= 0.3 is 29.8 Å². The van der Waals surface area contributed by atoms with Gasteiger partial charge in [0.25, 0.3) is 0 Å². The second kappa shape index (κ2) is 12.4. The first-order chi connectivity index (χ1) is 17.9. The lowest BCUT2D eigenvalue weighted by Gasteiger charge is -2.45. The molecule has 2 fully saturated rings. The molecule has 0 spiro atoms. The van der Waals surface area contributed by atoms with E-state index in [0.29, 0.717) is 18.4 Å². The Hall–Kier alpha value is -3.45. The SMILES string of the molecule is C=C1CCC2C(C(=O)OC)=COC(OC3OC(COC(C)=O)C(OC(C)=O)C(OC(C)=O)C3OC(C)=O)C12. The first-order valence-corrected chi connectivity index (χ1v) is 12.0. The highest BCUT2D eigenvalue weighted by molar-refractivity contribution is 5.89. The van der Waals surface area contributed by atoms with E-state index in [1.54, 1.807) is 0 Å². The van der Waals surface area contributed by atoms with E-state index in [2.05, 4.69) is 6.58 Å². The average molecular weight is 541 g/mol. The van der Waals surface area contributed by atoms with E-state index in [4.69, 9.17) is 37.9 Å². The zero-order valence-corrected chi connectivity index (χ0v) is 21.8. The summed E-state index contributed by atoms with van der Waals surface area (Å²) in [7, 11) is 1.27. The molecule has 1 saturated heterocycles. The molecule has 0 aromatic carbocycles. The number of rotatable bonds is 8. The van der Waals surface area contributed by atoms with Gasteiger partial charge in [0.05, 0.1) is 18.9 Å². The maximum absolute atomic E-state index is 12.3. The van der Waals surface area contributed by atoms with Crippen molar-refractivity contribution in [3.05, 3.63) is 24.0 Å². The smallest absolute Gasteiger partial charge is 0.337 e. The molecule has 210 valence electrons. The van der Waals surface area contributed by atoms with Crippen LogP contribution in [-0.2, 0) is 61.9 Å². The van der Waals surface area contributed by atoms with Crippen LogP contribution in [0.15, 0.2) is 24.0 Å². The second-order valence-electron chi connectivity index (χ2n) is 9.10. The number of fused-ring (bicyclic) bond motifs is 1. The Morgan fingerprint density at radius 2 is 1.50 bits per heavy atom. The van der Waals surface area contributed by atoms with Crippen molar-refractivity contribution in [2.24, 2.45) is 11.8 Å². The third-order valence-electron chi connectivity index (χ3n) is 6.34. The summed E-state index contributed by atoms with van der Waals surface area (Å²) in [4.78, 5) is 59.7. The Balaban J connectivity index is 1.97. The van der Waals surface area contributed by atoms with Crippen LogP contribution >= 0.6 is 0 Å². The molecule has 8 unspecified atom stereocenters. The molecule has 13 heteroatoms. The Kier molecular flexibility index (Phi) is 9.50. The van der Waals surface area contributed by atoms with Crippen molar-refractivity contribution in [3.63, 3.8) is 0 Å². The highest BCUT2D eigenvalue weighted by Gasteiger charge is 2.55. The normalized spacial score (nSPS) is 32.1. The molecule has 0 bridgehead atoms. The molecule has 1 saturated carbocycles. The number of ether oxygens (including phenoxy) is 8. The molecule has 3 aliphatic rings. The van der Waals surface area contributed by atoms with E-state index in [1.165, 1.54) is 20.3 Å². The third-order valence-corrected chi connectivity index (χ3v) is 6.34. The fourth-order valence-corrected chi connectivity index (χ4v) is 4.88. The van der Waals surface area contributed by atoms with Gasteiger partial charge in [0, 0.05) is 39.5 Å². The highest BCUT2D eigenvalue weighted by atomic mass is 16.8. The van der Waals surface area contributed by atoms with Gasteiger partial charge in [0.1, 0.15) is 12.7 Å². The molecule has 0 aromatic rings. The predicted molar refractivity (Wildman–Crippen MR) is 123 cm³/mol. The molecule has 13 nitrogen and oxygen atoms in total. The molecule has 0 N–H and O–H groups in total. The van der Waals surface area contributed by atoms with Crippen LogP contribution in [0.25, 0.3) is 0 Å². The first kappa shape index (κ1) is 29.1. The van der Waals surface area contributed by atoms with Crippen LogP contribution in [0.4, 0.5) is 0 Å². The van der Waals surface area contributed by atoms with E-state index in [9.17, 15) is 24.0 Å². The standard InChI is InChI=1S/C25H32O13/c1-11-7-8-16-17(23(30)31-6)9-33-24(19(11)16)38-25-22(36-15(5)29)21(35-14(4)28)20(34-13(3)27)18(37-25)10-32-12(2)26/h9,16,18-22,24-25H,1,7-8,10H2,2-6H3. The van der Waals surface area contributed by atoms with Gasteiger partial charge in [-0.1, -0.05) is 12.2 Å². The number of carbonyl (C=O) groups excluding carboxylic acids is 5. The number of hydrogen-bond acceptors (Lipinski definition) is 13. The summed E-state index contributed by atoms with van der Waals surface area (Å²) in [6.45, 7) is 8.25. The van der Waals surface area contributed by atoms with Gasteiger partial charge < -0.3 is 37.9 Å². The van der Waals surface area contributed by atoms with Crippen molar-refractivity contribution in [1.82, 2.24) is 0 Å². The van der Waals surface area contributed by atoms with Crippen LogP contribution < -0.4 is 0 Å².